The summed E-state index contributed by atoms with van der Waals surface area (Å²) in [6.45, 7) is 6.42. The standard InChI is InChI=1S/C60H100O6/c1-4-7-10-13-16-19-22-25-28-30-32-35-38-41-44-47-50-53-59(62)65-56-57(55-64-58(61)52-49-46-43-40-37-34-27-24-21-18-15-12-9-6-3)66-60(63)54-51-48-45-42-39-36-33-31-29-26-23-20-17-14-11-8-5-2/h7,10,15-20,24-29,32,35,57H,4-6,8-9,11-14,21-23,30-31,33-34,36-56H2,1-3H3/b10-7-,18-15-,19-16-,20-17-,27-24-,28-25-,29-26-,35-32-. The van der Waals surface area contributed by atoms with Gasteiger partial charge in [-0.25, -0.2) is 0 Å². The fourth-order valence-electron chi connectivity index (χ4n) is 7.18. The number of carbonyl (C=O) groups excluding carboxylic acids is 3. The van der Waals surface area contributed by atoms with E-state index in [1.54, 1.807) is 0 Å². The summed E-state index contributed by atoms with van der Waals surface area (Å²) in [5, 5.41) is 0. The molecule has 0 fully saturated rings. The predicted molar refractivity (Wildman–Crippen MR) is 284 cm³/mol. The summed E-state index contributed by atoms with van der Waals surface area (Å²) in [7, 11) is 0. The second kappa shape index (κ2) is 53.9. The van der Waals surface area contributed by atoms with E-state index in [9.17, 15) is 14.4 Å². The average molecular weight is 917 g/mol. The van der Waals surface area contributed by atoms with Gasteiger partial charge in [-0.2, -0.15) is 0 Å². The van der Waals surface area contributed by atoms with E-state index in [0.717, 1.165) is 135 Å². The minimum absolute atomic E-state index is 0.0970. The van der Waals surface area contributed by atoms with Gasteiger partial charge in [0, 0.05) is 19.3 Å². The van der Waals surface area contributed by atoms with Crippen LogP contribution in [-0.2, 0) is 28.6 Å². The van der Waals surface area contributed by atoms with E-state index in [1.165, 1.54) is 70.6 Å². The summed E-state index contributed by atoms with van der Waals surface area (Å²) in [6.07, 6.45) is 71.0. The number of unbranched alkanes of at least 4 members (excludes halogenated alkanes) is 21. The third-order valence-electron chi connectivity index (χ3n) is 11.3. The first-order valence-electron chi connectivity index (χ1n) is 27.2. The zero-order valence-corrected chi connectivity index (χ0v) is 42.9. The quantitative estimate of drug-likeness (QED) is 0.0262. The molecule has 0 amide bonds. The zero-order chi connectivity index (χ0) is 47.9. The van der Waals surface area contributed by atoms with Gasteiger partial charge in [-0.05, 0) is 116 Å². The summed E-state index contributed by atoms with van der Waals surface area (Å²) < 4.78 is 16.8. The van der Waals surface area contributed by atoms with Crippen molar-refractivity contribution in [2.24, 2.45) is 0 Å². The lowest BCUT2D eigenvalue weighted by Gasteiger charge is -2.18. The molecule has 0 aromatic heterocycles. The molecule has 0 aliphatic carbocycles. The lowest BCUT2D eigenvalue weighted by molar-refractivity contribution is -0.167. The van der Waals surface area contributed by atoms with Gasteiger partial charge in [-0.15, -0.1) is 0 Å². The van der Waals surface area contributed by atoms with Crippen LogP contribution in [0.2, 0.25) is 0 Å². The zero-order valence-electron chi connectivity index (χ0n) is 42.9. The van der Waals surface area contributed by atoms with Crippen LogP contribution >= 0.6 is 0 Å². The van der Waals surface area contributed by atoms with Crippen LogP contribution in [-0.4, -0.2) is 37.2 Å². The molecule has 0 saturated heterocycles. The van der Waals surface area contributed by atoms with Crippen molar-refractivity contribution in [1.29, 1.82) is 0 Å². The van der Waals surface area contributed by atoms with Crippen LogP contribution in [0.4, 0.5) is 0 Å². The summed E-state index contributed by atoms with van der Waals surface area (Å²) in [5.74, 6) is -0.942. The van der Waals surface area contributed by atoms with Gasteiger partial charge in [-0.3, -0.25) is 14.4 Å². The number of carbonyl (C=O) groups is 3. The van der Waals surface area contributed by atoms with Gasteiger partial charge in [0.25, 0.3) is 0 Å². The average Bonchev–Trinajstić information content (AvgIpc) is 3.31. The van der Waals surface area contributed by atoms with E-state index in [-0.39, 0.29) is 31.1 Å². The Morgan fingerprint density at radius 3 is 0.970 bits per heavy atom. The molecule has 6 heteroatoms. The van der Waals surface area contributed by atoms with Gasteiger partial charge in [0.2, 0.25) is 0 Å². The molecule has 0 aliphatic rings. The molecule has 1 unspecified atom stereocenters. The van der Waals surface area contributed by atoms with Crippen LogP contribution in [0.25, 0.3) is 0 Å². The molecule has 0 aromatic carbocycles. The SMILES string of the molecule is CC/C=C\C/C=C\C/C=C\C/C=C\CCCCCCC(=O)OCC(COC(=O)CCCCCCC/C=C\C/C=C\CCCC)OC(=O)CCCCCCCCC/C=C\C/C=C\CCCCC. The van der Waals surface area contributed by atoms with E-state index in [0.29, 0.717) is 19.3 Å². The highest BCUT2D eigenvalue weighted by Crippen LogP contribution is 2.14. The fraction of sp³-hybridized carbons (Fsp3) is 0.683. The molecule has 0 saturated carbocycles. The highest BCUT2D eigenvalue weighted by Gasteiger charge is 2.19. The van der Waals surface area contributed by atoms with E-state index in [2.05, 4.69) is 118 Å². The topological polar surface area (TPSA) is 78.9 Å². The summed E-state index contributed by atoms with van der Waals surface area (Å²) in [4.78, 5) is 38.1. The monoisotopic (exact) mass is 917 g/mol. The number of ether oxygens (including phenoxy) is 3. The molecule has 0 aliphatic heterocycles. The summed E-state index contributed by atoms with van der Waals surface area (Å²) in [6, 6.07) is 0. The van der Waals surface area contributed by atoms with Crippen molar-refractivity contribution in [1.82, 2.24) is 0 Å². The van der Waals surface area contributed by atoms with Gasteiger partial charge in [0.05, 0.1) is 0 Å². The smallest absolute Gasteiger partial charge is 0.306 e. The maximum absolute atomic E-state index is 12.8. The van der Waals surface area contributed by atoms with Crippen LogP contribution in [0.15, 0.2) is 97.2 Å². The van der Waals surface area contributed by atoms with E-state index >= 15 is 0 Å². The van der Waals surface area contributed by atoms with Crippen LogP contribution in [0, 0.1) is 0 Å². The van der Waals surface area contributed by atoms with E-state index < -0.39 is 6.10 Å². The van der Waals surface area contributed by atoms with Gasteiger partial charge < -0.3 is 14.2 Å². The highest BCUT2D eigenvalue weighted by atomic mass is 16.6. The first-order valence-corrected chi connectivity index (χ1v) is 27.2. The van der Waals surface area contributed by atoms with E-state index in [4.69, 9.17) is 14.2 Å². The molecule has 0 rings (SSSR count). The van der Waals surface area contributed by atoms with Crippen molar-refractivity contribution in [3.8, 4) is 0 Å². The Hall–Kier alpha value is -3.67. The second-order valence-corrected chi connectivity index (χ2v) is 17.7. The van der Waals surface area contributed by atoms with Crippen LogP contribution in [0.3, 0.4) is 0 Å². The Kier molecular flexibility index (Phi) is 50.9. The molecule has 6 nitrogen and oxygen atoms in total. The number of allylic oxidation sites excluding steroid dienone is 16. The van der Waals surface area contributed by atoms with Crippen LogP contribution in [0.1, 0.15) is 245 Å². The second-order valence-electron chi connectivity index (χ2n) is 17.7. The predicted octanol–water partition coefficient (Wildman–Crippen LogP) is 18.1. The first-order chi connectivity index (χ1) is 32.5. The highest BCUT2D eigenvalue weighted by molar-refractivity contribution is 5.71. The third-order valence-corrected chi connectivity index (χ3v) is 11.3. The minimum Gasteiger partial charge on any atom is -0.462 e. The van der Waals surface area contributed by atoms with Crippen molar-refractivity contribution in [3.05, 3.63) is 97.2 Å². The van der Waals surface area contributed by atoms with Crippen molar-refractivity contribution >= 4 is 17.9 Å². The molecule has 66 heavy (non-hydrogen) atoms. The molecule has 0 heterocycles. The molecular formula is C60H100O6. The fourth-order valence-corrected chi connectivity index (χ4v) is 7.18. The Labute approximate surface area is 407 Å². The largest absolute Gasteiger partial charge is 0.462 e. The molecule has 376 valence electrons. The molecular weight excluding hydrogens is 817 g/mol. The van der Waals surface area contributed by atoms with Crippen molar-refractivity contribution in [2.45, 2.75) is 252 Å². The molecule has 0 bridgehead atoms. The van der Waals surface area contributed by atoms with Gasteiger partial charge in [-0.1, -0.05) is 208 Å². The molecule has 1 atom stereocenters. The maximum Gasteiger partial charge on any atom is 0.306 e. The van der Waals surface area contributed by atoms with Gasteiger partial charge in [0.1, 0.15) is 13.2 Å². The van der Waals surface area contributed by atoms with Crippen LogP contribution < -0.4 is 0 Å². The summed E-state index contributed by atoms with van der Waals surface area (Å²) in [5.41, 5.74) is 0. The van der Waals surface area contributed by atoms with Gasteiger partial charge >= 0.3 is 17.9 Å². The Morgan fingerprint density at radius 1 is 0.318 bits per heavy atom. The number of rotatable bonds is 48. The first kappa shape index (κ1) is 62.3. The van der Waals surface area contributed by atoms with E-state index in [1.807, 2.05) is 0 Å². The Morgan fingerprint density at radius 2 is 0.606 bits per heavy atom. The third kappa shape index (κ3) is 51.3. The maximum atomic E-state index is 12.8. The Balaban J connectivity index is 4.47. The molecule has 0 spiro atoms. The molecule has 0 aromatic rings. The van der Waals surface area contributed by atoms with Crippen molar-refractivity contribution in [3.63, 3.8) is 0 Å². The lowest BCUT2D eigenvalue weighted by atomic mass is 10.1. The van der Waals surface area contributed by atoms with Crippen LogP contribution in [0.5, 0.6) is 0 Å². The van der Waals surface area contributed by atoms with Crippen molar-refractivity contribution in [2.75, 3.05) is 13.2 Å². The lowest BCUT2D eigenvalue weighted by Crippen LogP contribution is -2.30. The minimum atomic E-state index is -0.799. The number of esters is 3. The van der Waals surface area contributed by atoms with Gasteiger partial charge in [0.15, 0.2) is 6.10 Å². The number of hydrogen-bond donors (Lipinski definition) is 0. The molecule has 0 radical (unpaired) electrons. The molecule has 0 N–H and O–H groups in total. The normalized spacial score (nSPS) is 12.8. The summed E-state index contributed by atoms with van der Waals surface area (Å²) >= 11 is 0. The van der Waals surface area contributed by atoms with Crippen molar-refractivity contribution < 1.29 is 28.6 Å². The number of hydrogen-bond acceptors (Lipinski definition) is 6. The Bertz CT molecular complexity index is 1330.